The van der Waals surface area contributed by atoms with Crippen molar-refractivity contribution in [2.75, 3.05) is 7.05 Å². The molecule has 2 aromatic rings. The van der Waals surface area contributed by atoms with Gasteiger partial charge in [0.05, 0.1) is 5.69 Å². The lowest BCUT2D eigenvalue weighted by atomic mass is 9.90. The SMILES string of the molecule is CNC(=O)CCC(C)(C)C.NC(=O)c1cccc(-c2cccc(Cl)c2)n1. The predicted molar refractivity (Wildman–Crippen MR) is 106 cm³/mol. The lowest BCUT2D eigenvalue weighted by Gasteiger charge is -2.16. The number of nitrogens with two attached hydrogens (primary N) is 1. The van der Waals surface area contributed by atoms with E-state index in [4.69, 9.17) is 17.3 Å². The van der Waals surface area contributed by atoms with Crippen LogP contribution in [0.25, 0.3) is 11.3 Å². The van der Waals surface area contributed by atoms with Gasteiger partial charge in [-0.2, -0.15) is 0 Å². The Bertz CT molecular complexity index is 755. The highest BCUT2D eigenvalue weighted by Crippen LogP contribution is 2.21. The van der Waals surface area contributed by atoms with Crippen LogP contribution in [-0.2, 0) is 4.79 Å². The van der Waals surface area contributed by atoms with Crippen molar-refractivity contribution in [3.05, 3.63) is 53.2 Å². The van der Waals surface area contributed by atoms with Crippen LogP contribution in [0.4, 0.5) is 0 Å². The number of hydrogen-bond donors (Lipinski definition) is 2. The van der Waals surface area contributed by atoms with Crippen molar-refractivity contribution in [3.8, 4) is 11.3 Å². The molecule has 0 saturated carbocycles. The number of rotatable bonds is 4. The van der Waals surface area contributed by atoms with E-state index in [0.29, 0.717) is 17.1 Å². The standard InChI is InChI=1S/C12H9ClN2O.C8H17NO/c13-9-4-1-3-8(7-9)10-5-2-6-11(15-10)12(14)16;1-8(2,3)6-5-7(10)9-4/h1-7H,(H2,14,16);5-6H2,1-4H3,(H,9,10). The van der Waals surface area contributed by atoms with Gasteiger partial charge in [-0.3, -0.25) is 9.59 Å². The Kier molecular flexibility index (Phi) is 8.26. The van der Waals surface area contributed by atoms with Crippen LogP contribution < -0.4 is 11.1 Å². The summed E-state index contributed by atoms with van der Waals surface area (Å²) in [5, 5.41) is 3.23. The van der Waals surface area contributed by atoms with Crippen molar-refractivity contribution >= 4 is 23.4 Å². The van der Waals surface area contributed by atoms with Gasteiger partial charge in [-0.15, -0.1) is 0 Å². The van der Waals surface area contributed by atoms with E-state index in [1.807, 2.05) is 12.1 Å². The van der Waals surface area contributed by atoms with Crippen molar-refractivity contribution in [1.82, 2.24) is 10.3 Å². The molecule has 1 heterocycles. The van der Waals surface area contributed by atoms with E-state index in [9.17, 15) is 9.59 Å². The fourth-order valence-electron chi connectivity index (χ4n) is 1.99. The molecule has 0 aliphatic carbocycles. The Morgan fingerprint density at radius 3 is 2.35 bits per heavy atom. The Morgan fingerprint density at radius 2 is 1.81 bits per heavy atom. The number of carbonyl (C=O) groups is 2. The average molecular weight is 376 g/mol. The second-order valence-electron chi connectivity index (χ2n) is 7.02. The minimum absolute atomic E-state index is 0.134. The molecule has 2 rings (SSSR count). The van der Waals surface area contributed by atoms with E-state index in [2.05, 4.69) is 31.1 Å². The average Bonchev–Trinajstić information content (AvgIpc) is 2.59. The molecule has 5 nitrogen and oxygen atoms in total. The van der Waals surface area contributed by atoms with Gasteiger partial charge in [-0.05, 0) is 36.1 Å². The van der Waals surface area contributed by atoms with E-state index in [0.717, 1.165) is 12.0 Å². The van der Waals surface area contributed by atoms with Crippen molar-refractivity contribution in [3.63, 3.8) is 0 Å². The molecule has 1 aromatic heterocycles. The highest BCUT2D eigenvalue weighted by molar-refractivity contribution is 6.30. The second-order valence-corrected chi connectivity index (χ2v) is 7.45. The molecule has 6 heteroatoms. The van der Waals surface area contributed by atoms with Crippen LogP contribution in [0, 0.1) is 5.41 Å². The zero-order valence-electron chi connectivity index (χ0n) is 15.7. The van der Waals surface area contributed by atoms with Gasteiger partial charge >= 0.3 is 0 Å². The van der Waals surface area contributed by atoms with Crippen LogP contribution in [0.5, 0.6) is 0 Å². The third-order valence-electron chi connectivity index (χ3n) is 3.50. The van der Waals surface area contributed by atoms with Gasteiger partial charge in [-0.25, -0.2) is 4.98 Å². The summed E-state index contributed by atoms with van der Waals surface area (Å²) >= 11 is 5.88. The first-order valence-electron chi connectivity index (χ1n) is 8.36. The van der Waals surface area contributed by atoms with E-state index in [1.165, 1.54) is 0 Å². The molecule has 0 bridgehead atoms. The first kappa shape index (κ1) is 21.6. The van der Waals surface area contributed by atoms with Crippen LogP contribution >= 0.6 is 11.6 Å². The van der Waals surface area contributed by atoms with E-state index >= 15 is 0 Å². The number of amides is 2. The smallest absolute Gasteiger partial charge is 0.267 e. The highest BCUT2D eigenvalue weighted by atomic mass is 35.5. The van der Waals surface area contributed by atoms with E-state index < -0.39 is 5.91 Å². The minimum atomic E-state index is -0.538. The summed E-state index contributed by atoms with van der Waals surface area (Å²) in [4.78, 5) is 25.9. The molecule has 0 aliphatic rings. The molecule has 3 N–H and O–H groups in total. The summed E-state index contributed by atoms with van der Waals surface area (Å²) in [6.45, 7) is 6.40. The molecule has 140 valence electrons. The largest absolute Gasteiger partial charge is 0.364 e. The van der Waals surface area contributed by atoms with Crippen molar-refractivity contribution in [2.45, 2.75) is 33.6 Å². The second kappa shape index (κ2) is 9.92. The number of aromatic nitrogens is 1. The third-order valence-corrected chi connectivity index (χ3v) is 3.74. The monoisotopic (exact) mass is 375 g/mol. The van der Waals surface area contributed by atoms with Crippen molar-refractivity contribution in [2.24, 2.45) is 11.1 Å². The van der Waals surface area contributed by atoms with Crippen LogP contribution in [0.3, 0.4) is 0 Å². The fraction of sp³-hybridized carbons (Fsp3) is 0.350. The number of hydrogen-bond acceptors (Lipinski definition) is 3. The highest BCUT2D eigenvalue weighted by Gasteiger charge is 2.11. The summed E-state index contributed by atoms with van der Waals surface area (Å²) in [5.41, 5.74) is 7.22. The summed E-state index contributed by atoms with van der Waals surface area (Å²) in [6.07, 6.45) is 1.59. The topological polar surface area (TPSA) is 85.1 Å². The van der Waals surface area contributed by atoms with E-state index in [1.54, 1.807) is 37.4 Å². The van der Waals surface area contributed by atoms with Gasteiger partial charge < -0.3 is 11.1 Å². The van der Waals surface area contributed by atoms with Gasteiger partial charge in [0, 0.05) is 24.1 Å². The Hall–Kier alpha value is -2.40. The first-order chi connectivity index (χ1) is 12.1. The maximum atomic E-state index is 11.0. The molecule has 0 atom stereocenters. The van der Waals surface area contributed by atoms with Crippen LogP contribution in [0.15, 0.2) is 42.5 Å². The van der Waals surface area contributed by atoms with Gasteiger partial charge in [-0.1, -0.05) is 50.6 Å². The number of primary amides is 1. The fourth-order valence-corrected chi connectivity index (χ4v) is 2.18. The molecule has 0 aliphatic heterocycles. The molecule has 26 heavy (non-hydrogen) atoms. The van der Waals surface area contributed by atoms with E-state index in [-0.39, 0.29) is 17.0 Å². The number of halogens is 1. The molecule has 1 aromatic carbocycles. The molecule has 2 amide bonds. The maximum absolute atomic E-state index is 11.0. The minimum Gasteiger partial charge on any atom is -0.364 e. The molecular formula is C20H26ClN3O2. The third kappa shape index (κ3) is 8.12. The zero-order chi connectivity index (χ0) is 19.7. The van der Waals surface area contributed by atoms with Crippen LogP contribution in [-0.4, -0.2) is 23.8 Å². The maximum Gasteiger partial charge on any atom is 0.267 e. The summed E-state index contributed by atoms with van der Waals surface area (Å²) in [7, 11) is 1.67. The lowest BCUT2D eigenvalue weighted by molar-refractivity contribution is -0.121. The number of carbonyl (C=O) groups excluding carboxylic acids is 2. The summed E-state index contributed by atoms with van der Waals surface area (Å²) in [5.74, 6) is -0.404. The van der Waals surface area contributed by atoms with Crippen LogP contribution in [0.2, 0.25) is 5.02 Å². The van der Waals surface area contributed by atoms with Gasteiger partial charge in [0.15, 0.2) is 0 Å². The first-order valence-corrected chi connectivity index (χ1v) is 8.73. The molecule has 0 radical (unpaired) electrons. The number of pyridine rings is 1. The Labute approximate surface area is 160 Å². The normalized spacial score (nSPS) is 10.5. The summed E-state index contributed by atoms with van der Waals surface area (Å²) < 4.78 is 0. The van der Waals surface area contributed by atoms with Crippen LogP contribution in [0.1, 0.15) is 44.1 Å². The zero-order valence-corrected chi connectivity index (χ0v) is 16.4. The Balaban J connectivity index is 0.000000294. The lowest BCUT2D eigenvalue weighted by Crippen LogP contribution is -2.19. The van der Waals surface area contributed by atoms with Crippen molar-refractivity contribution in [1.29, 1.82) is 0 Å². The van der Waals surface area contributed by atoms with Gasteiger partial charge in [0.2, 0.25) is 5.91 Å². The van der Waals surface area contributed by atoms with Gasteiger partial charge in [0.25, 0.3) is 5.91 Å². The molecule has 0 spiro atoms. The molecule has 0 fully saturated rings. The predicted octanol–water partition coefficient (Wildman–Crippen LogP) is 4.06. The number of nitrogens with zero attached hydrogens (tertiary/aromatic N) is 1. The quantitative estimate of drug-likeness (QED) is 0.844. The Morgan fingerprint density at radius 1 is 1.15 bits per heavy atom. The number of benzene rings is 1. The molecule has 0 unspecified atom stereocenters. The molecule has 0 saturated heterocycles. The molecular weight excluding hydrogens is 350 g/mol. The van der Waals surface area contributed by atoms with Gasteiger partial charge in [0.1, 0.15) is 5.69 Å². The number of nitrogens with one attached hydrogen (secondary N) is 1. The van der Waals surface area contributed by atoms with Crippen molar-refractivity contribution < 1.29 is 9.59 Å². The summed E-state index contributed by atoms with van der Waals surface area (Å²) in [6, 6.07) is 12.4.